The predicted octanol–water partition coefficient (Wildman–Crippen LogP) is 2.47. The van der Waals surface area contributed by atoms with Gasteiger partial charge in [0, 0.05) is 17.4 Å². The average molecular weight is 312 g/mol. The summed E-state index contributed by atoms with van der Waals surface area (Å²) in [6.07, 6.45) is 0.472. The molecule has 6 heteroatoms. The summed E-state index contributed by atoms with van der Waals surface area (Å²) in [6.45, 7) is 2.91. The smallest absolute Gasteiger partial charge is 0.357 e. The van der Waals surface area contributed by atoms with E-state index in [4.69, 9.17) is 4.74 Å². The highest BCUT2D eigenvalue weighted by Gasteiger charge is 2.19. The van der Waals surface area contributed by atoms with Crippen molar-refractivity contribution in [1.82, 2.24) is 4.98 Å². The summed E-state index contributed by atoms with van der Waals surface area (Å²) in [5.41, 5.74) is 1.08. The first kappa shape index (κ1) is 16.4. The van der Waals surface area contributed by atoms with Crippen LogP contribution in [0, 0.1) is 0 Å². The molecule has 0 bridgehead atoms. The number of pyridine rings is 1. The Morgan fingerprint density at radius 1 is 1.13 bits per heavy atom. The minimum absolute atomic E-state index is 0.101. The van der Waals surface area contributed by atoms with Crippen LogP contribution in [0.3, 0.4) is 0 Å². The van der Waals surface area contributed by atoms with E-state index < -0.39 is 18.0 Å². The second kappa shape index (κ2) is 7.31. The summed E-state index contributed by atoms with van der Waals surface area (Å²) in [7, 11) is 0. The average Bonchev–Trinajstić information content (AvgIpc) is 2.55. The van der Waals surface area contributed by atoms with Gasteiger partial charge in [0.1, 0.15) is 5.69 Å². The van der Waals surface area contributed by atoms with E-state index in [0.29, 0.717) is 11.3 Å². The lowest BCUT2D eigenvalue weighted by molar-refractivity contribution is -0.123. The highest BCUT2D eigenvalue weighted by molar-refractivity contribution is 5.99. The van der Waals surface area contributed by atoms with Gasteiger partial charge in [-0.2, -0.15) is 0 Å². The van der Waals surface area contributed by atoms with Gasteiger partial charge in [-0.05, 0) is 38.1 Å². The van der Waals surface area contributed by atoms with Gasteiger partial charge in [-0.3, -0.25) is 9.59 Å². The van der Waals surface area contributed by atoms with Gasteiger partial charge >= 0.3 is 5.97 Å². The lowest BCUT2D eigenvalue weighted by Crippen LogP contribution is -2.30. The van der Waals surface area contributed by atoms with E-state index in [0.717, 1.165) is 0 Å². The Morgan fingerprint density at radius 3 is 2.57 bits per heavy atom. The predicted molar refractivity (Wildman–Crippen MR) is 84.2 cm³/mol. The van der Waals surface area contributed by atoms with Gasteiger partial charge < -0.3 is 10.1 Å². The van der Waals surface area contributed by atoms with E-state index in [1.54, 1.807) is 36.4 Å². The Balaban J connectivity index is 1.99. The maximum atomic E-state index is 12.1. The number of Topliss-reactive ketones (excluding diaryl/α,β-unsaturated/α-hetero) is 1. The Kier molecular flexibility index (Phi) is 5.19. The topological polar surface area (TPSA) is 85.4 Å². The maximum absolute atomic E-state index is 12.1. The highest BCUT2D eigenvalue weighted by Crippen LogP contribution is 2.12. The molecular formula is C17H16N2O4. The number of esters is 1. The lowest BCUT2D eigenvalue weighted by Gasteiger charge is -2.13. The summed E-state index contributed by atoms with van der Waals surface area (Å²) in [4.78, 5) is 39.1. The van der Waals surface area contributed by atoms with Crippen LogP contribution in [0.1, 0.15) is 34.7 Å². The molecule has 1 aromatic carbocycles. The Labute approximate surface area is 133 Å². The first-order chi connectivity index (χ1) is 11.0. The number of nitrogens with zero attached hydrogens (tertiary/aromatic N) is 1. The summed E-state index contributed by atoms with van der Waals surface area (Å²) < 4.78 is 5.07. The largest absolute Gasteiger partial charge is 0.448 e. The van der Waals surface area contributed by atoms with Crippen LogP contribution in [0.2, 0.25) is 0 Å². The number of nitrogens with one attached hydrogen (secondary N) is 1. The first-order valence-electron chi connectivity index (χ1n) is 7.01. The van der Waals surface area contributed by atoms with Crippen molar-refractivity contribution in [2.24, 2.45) is 0 Å². The van der Waals surface area contributed by atoms with Crippen LogP contribution < -0.4 is 5.32 Å². The number of rotatable bonds is 5. The minimum atomic E-state index is -0.995. The van der Waals surface area contributed by atoms with Crippen LogP contribution in [0.5, 0.6) is 0 Å². The van der Waals surface area contributed by atoms with Gasteiger partial charge in [0.05, 0.1) is 0 Å². The summed E-state index contributed by atoms with van der Waals surface area (Å²) >= 11 is 0. The fourth-order valence-electron chi connectivity index (χ4n) is 1.82. The van der Waals surface area contributed by atoms with E-state index in [2.05, 4.69) is 10.3 Å². The van der Waals surface area contributed by atoms with E-state index in [1.807, 2.05) is 0 Å². The van der Waals surface area contributed by atoms with Crippen LogP contribution in [-0.4, -0.2) is 28.7 Å². The zero-order valence-corrected chi connectivity index (χ0v) is 12.8. The second-order valence-electron chi connectivity index (χ2n) is 4.89. The first-order valence-corrected chi connectivity index (χ1v) is 7.01. The van der Waals surface area contributed by atoms with Crippen molar-refractivity contribution in [3.8, 4) is 0 Å². The Morgan fingerprint density at radius 2 is 1.91 bits per heavy atom. The zero-order chi connectivity index (χ0) is 16.8. The molecule has 1 N–H and O–H groups in total. The number of hydrogen-bond acceptors (Lipinski definition) is 5. The van der Waals surface area contributed by atoms with E-state index >= 15 is 0 Å². The second-order valence-corrected chi connectivity index (χ2v) is 4.89. The summed E-state index contributed by atoms with van der Waals surface area (Å²) in [6, 6.07) is 11.4. The molecule has 0 aliphatic rings. The van der Waals surface area contributed by atoms with Crippen molar-refractivity contribution >= 4 is 23.3 Å². The zero-order valence-electron chi connectivity index (χ0n) is 12.8. The molecule has 1 heterocycles. The number of carbonyl (C=O) groups is 3. The number of aromatic nitrogens is 1. The molecule has 118 valence electrons. The molecule has 0 radical (unpaired) electrons. The van der Waals surface area contributed by atoms with Gasteiger partial charge in [0.25, 0.3) is 5.91 Å². The summed E-state index contributed by atoms with van der Waals surface area (Å²) in [5, 5.41) is 2.60. The molecule has 1 unspecified atom stereocenters. The molecule has 1 aromatic heterocycles. The number of carbonyl (C=O) groups excluding carboxylic acids is 3. The third-order valence-electron chi connectivity index (χ3n) is 3.06. The Hall–Kier alpha value is -3.02. The standard InChI is InChI=1S/C17H16N2O4/c1-11(20)13-6-5-7-14(10-13)19-16(21)12(2)23-17(22)15-8-3-4-9-18-15/h3-10,12H,1-2H3,(H,19,21). The number of amides is 1. The van der Waals surface area contributed by atoms with Crippen molar-refractivity contribution in [2.45, 2.75) is 20.0 Å². The van der Waals surface area contributed by atoms with Gasteiger partial charge in [-0.15, -0.1) is 0 Å². The molecular weight excluding hydrogens is 296 g/mol. The fourth-order valence-corrected chi connectivity index (χ4v) is 1.82. The third-order valence-corrected chi connectivity index (χ3v) is 3.06. The number of hydrogen-bond donors (Lipinski definition) is 1. The molecule has 23 heavy (non-hydrogen) atoms. The molecule has 2 aromatic rings. The number of benzene rings is 1. The van der Waals surface area contributed by atoms with Crippen molar-refractivity contribution in [1.29, 1.82) is 0 Å². The quantitative estimate of drug-likeness (QED) is 0.677. The molecule has 0 aliphatic heterocycles. The van der Waals surface area contributed by atoms with Gasteiger partial charge in [-0.25, -0.2) is 9.78 Å². The molecule has 0 saturated heterocycles. The van der Waals surface area contributed by atoms with Gasteiger partial charge in [0.2, 0.25) is 0 Å². The van der Waals surface area contributed by atoms with E-state index in [-0.39, 0.29) is 11.5 Å². The van der Waals surface area contributed by atoms with Crippen molar-refractivity contribution in [2.75, 3.05) is 5.32 Å². The number of ether oxygens (including phenoxy) is 1. The van der Waals surface area contributed by atoms with Gasteiger partial charge in [0.15, 0.2) is 11.9 Å². The van der Waals surface area contributed by atoms with Gasteiger partial charge in [-0.1, -0.05) is 18.2 Å². The van der Waals surface area contributed by atoms with Crippen LogP contribution in [0.25, 0.3) is 0 Å². The van der Waals surface area contributed by atoms with Crippen LogP contribution in [-0.2, 0) is 9.53 Å². The van der Waals surface area contributed by atoms with E-state index in [1.165, 1.54) is 26.1 Å². The number of ketones is 1. The Bertz CT molecular complexity index is 728. The van der Waals surface area contributed by atoms with Crippen molar-refractivity contribution < 1.29 is 19.1 Å². The molecule has 1 atom stereocenters. The maximum Gasteiger partial charge on any atom is 0.357 e. The molecule has 0 aliphatic carbocycles. The van der Waals surface area contributed by atoms with Crippen molar-refractivity contribution in [3.63, 3.8) is 0 Å². The van der Waals surface area contributed by atoms with Crippen molar-refractivity contribution in [3.05, 3.63) is 59.9 Å². The van der Waals surface area contributed by atoms with E-state index in [9.17, 15) is 14.4 Å². The number of anilines is 1. The molecule has 0 spiro atoms. The minimum Gasteiger partial charge on any atom is -0.448 e. The molecule has 6 nitrogen and oxygen atoms in total. The fraction of sp³-hybridized carbons (Fsp3) is 0.176. The SMILES string of the molecule is CC(=O)c1cccc(NC(=O)C(C)OC(=O)c2ccccn2)c1. The van der Waals surface area contributed by atoms with Crippen LogP contribution >= 0.6 is 0 Å². The highest BCUT2D eigenvalue weighted by atomic mass is 16.5. The molecule has 1 amide bonds. The molecule has 2 rings (SSSR count). The molecule has 0 saturated carbocycles. The molecule has 0 fully saturated rings. The monoisotopic (exact) mass is 312 g/mol. The van der Waals surface area contributed by atoms with Crippen LogP contribution in [0.15, 0.2) is 48.7 Å². The third kappa shape index (κ3) is 4.47. The van der Waals surface area contributed by atoms with Crippen LogP contribution in [0.4, 0.5) is 5.69 Å². The lowest BCUT2D eigenvalue weighted by atomic mass is 10.1. The normalized spacial score (nSPS) is 11.4. The summed E-state index contributed by atoms with van der Waals surface area (Å²) in [5.74, 6) is -1.27.